The molecule has 1 heterocycles. The molecule has 0 saturated carbocycles. The van der Waals surface area contributed by atoms with Crippen molar-refractivity contribution in [3.63, 3.8) is 0 Å². The summed E-state index contributed by atoms with van der Waals surface area (Å²) in [6.07, 6.45) is 46.7. The first-order valence-electron chi connectivity index (χ1n) is 24.3. The Morgan fingerprint density at radius 1 is 0.415 bits per heavy atom. The molecule has 0 aliphatic carbocycles. The molecule has 6 nitrogen and oxygen atoms in total. The van der Waals surface area contributed by atoms with Crippen molar-refractivity contribution in [2.24, 2.45) is 11.5 Å². The summed E-state index contributed by atoms with van der Waals surface area (Å²) in [5, 5.41) is 0. The molecule has 316 valence electrons. The van der Waals surface area contributed by atoms with E-state index in [1.54, 1.807) is 0 Å². The van der Waals surface area contributed by atoms with Crippen molar-refractivity contribution in [3.05, 3.63) is 0 Å². The molecule has 1 rings (SSSR count). The monoisotopic (exact) mass is 748 g/mol. The summed E-state index contributed by atoms with van der Waals surface area (Å²) in [4.78, 5) is 20.7. The van der Waals surface area contributed by atoms with Crippen molar-refractivity contribution in [2.75, 3.05) is 58.9 Å². The van der Waals surface area contributed by atoms with Crippen LogP contribution in [0.5, 0.6) is 0 Å². The van der Waals surface area contributed by atoms with Gasteiger partial charge in [0.25, 0.3) is 0 Å². The van der Waals surface area contributed by atoms with E-state index in [0.717, 1.165) is 58.8 Å². The van der Waals surface area contributed by atoms with E-state index in [4.69, 9.17) is 11.5 Å². The minimum absolute atomic E-state index is 0.130. The summed E-state index contributed by atoms with van der Waals surface area (Å²) in [6, 6.07) is -0.415. The minimum atomic E-state index is -0.415. The Balaban J connectivity index is 2.26. The molecule has 1 saturated heterocycles. The van der Waals surface area contributed by atoms with Crippen LogP contribution in [0.25, 0.3) is 0 Å². The molecule has 1 fully saturated rings. The number of hydrogen-bond donors (Lipinski definition) is 2. The van der Waals surface area contributed by atoms with E-state index >= 15 is 0 Å². The Morgan fingerprint density at radius 3 is 0.962 bits per heavy atom. The van der Waals surface area contributed by atoms with Gasteiger partial charge in [0.1, 0.15) is 0 Å². The lowest BCUT2D eigenvalue weighted by atomic mass is 10.0. The Morgan fingerprint density at radius 2 is 0.679 bits per heavy atom. The Hall–Kier alpha value is -0.690. The number of carbonyl (C=O) groups excluding carboxylic acids is 1. The highest BCUT2D eigenvalue weighted by atomic mass is 16.2. The highest BCUT2D eigenvalue weighted by Crippen LogP contribution is 2.16. The van der Waals surface area contributed by atoms with E-state index < -0.39 is 6.04 Å². The molecule has 0 aromatic rings. The van der Waals surface area contributed by atoms with Crippen molar-refractivity contribution in [1.29, 1.82) is 0 Å². The van der Waals surface area contributed by atoms with Crippen molar-refractivity contribution < 1.29 is 4.79 Å². The zero-order valence-corrected chi connectivity index (χ0v) is 36.4. The van der Waals surface area contributed by atoms with Gasteiger partial charge in [0.15, 0.2) is 0 Å². The van der Waals surface area contributed by atoms with Crippen molar-refractivity contribution >= 4 is 5.91 Å². The van der Waals surface area contributed by atoms with E-state index in [1.165, 1.54) is 205 Å². The molecule has 0 aromatic heterocycles. The molecule has 0 bridgehead atoms. The van der Waals surface area contributed by atoms with Crippen LogP contribution in [0.2, 0.25) is 0 Å². The standard InChI is InChI=1S/C47H97N5O/c1-3-5-7-9-11-13-15-17-19-21-23-25-27-29-31-33-38-50-40-41-51(43-45-52(44-42-50)47(53)46(49)36-35-37-48)39-34-32-30-28-26-24-22-20-18-16-14-12-10-8-6-4-2/h46H,3-45,48-49H2,1-2H3/t46-/m1/s1. The summed E-state index contributed by atoms with van der Waals surface area (Å²) < 4.78 is 0. The number of rotatable bonds is 38. The first-order chi connectivity index (χ1) is 26.1. The third-order valence-corrected chi connectivity index (χ3v) is 12.1. The van der Waals surface area contributed by atoms with Crippen molar-refractivity contribution in [1.82, 2.24) is 14.7 Å². The maximum absolute atomic E-state index is 13.4. The van der Waals surface area contributed by atoms with Crippen LogP contribution in [0.4, 0.5) is 0 Å². The average Bonchev–Trinajstić information content (AvgIpc) is 3.27. The average molecular weight is 748 g/mol. The van der Waals surface area contributed by atoms with E-state index in [1.807, 2.05) is 0 Å². The summed E-state index contributed by atoms with van der Waals surface area (Å²) >= 11 is 0. The Labute approximate surface area is 333 Å². The van der Waals surface area contributed by atoms with Crippen LogP contribution in [-0.2, 0) is 4.79 Å². The van der Waals surface area contributed by atoms with Gasteiger partial charge in [-0.05, 0) is 45.3 Å². The van der Waals surface area contributed by atoms with Crippen LogP contribution in [0.1, 0.15) is 232 Å². The molecule has 1 aliphatic heterocycles. The van der Waals surface area contributed by atoms with Gasteiger partial charge in [0, 0.05) is 39.3 Å². The van der Waals surface area contributed by atoms with Gasteiger partial charge in [-0.25, -0.2) is 0 Å². The second-order valence-electron chi connectivity index (χ2n) is 17.2. The molecular weight excluding hydrogens is 651 g/mol. The number of hydrogen-bond acceptors (Lipinski definition) is 5. The third-order valence-electron chi connectivity index (χ3n) is 12.1. The fraction of sp³-hybridized carbons (Fsp3) is 0.979. The van der Waals surface area contributed by atoms with E-state index in [9.17, 15) is 4.79 Å². The molecule has 6 heteroatoms. The van der Waals surface area contributed by atoms with E-state index in [-0.39, 0.29) is 5.91 Å². The number of amides is 1. The highest BCUT2D eigenvalue weighted by Gasteiger charge is 2.23. The van der Waals surface area contributed by atoms with Crippen LogP contribution in [0.15, 0.2) is 0 Å². The summed E-state index contributed by atoms with van der Waals surface area (Å²) in [6.45, 7) is 13.3. The maximum Gasteiger partial charge on any atom is 0.239 e. The van der Waals surface area contributed by atoms with Crippen LogP contribution in [-0.4, -0.2) is 85.6 Å². The normalized spacial score (nSPS) is 15.4. The molecule has 0 aromatic carbocycles. The lowest BCUT2D eigenvalue weighted by Crippen LogP contribution is -2.48. The van der Waals surface area contributed by atoms with E-state index in [2.05, 4.69) is 28.5 Å². The Kier molecular flexibility index (Phi) is 37.5. The molecule has 53 heavy (non-hydrogen) atoms. The van der Waals surface area contributed by atoms with Gasteiger partial charge in [-0.1, -0.05) is 206 Å². The molecule has 1 atom stereocenters. The highest BCUT2D eigenvalue weighted by molar-refractivity contribution is 5.81. The molecule has 0 unspecified atom stereocenters. The third kappa shape index (κ3) is 32.1. The SMILES string of the molecule is CCCCCCCCCCCCCCCCCCN1CCN(CCCCCCCCCCCCCCCCCC)CCN(C(=O)[C@H](N)CCCN)CC1. The predicted octanol–water partition coefficient (Wildman–Crippen LogP) is 12.0. The first-order valence-corrected chi connectivity index (χ1v) is 24.3. The fourth-order valence-corrected chi connectivity index (χ4v) is 8.27. The van der Waals surface area contributed by atoms with Gasteiger partial charge in [0.2, 0.25) is 5.91 Å². The predicted molar refractivity (Wildman–Crippen MR) is 235 cm³/mol. The second kappa shape index (κ2) is 39.5. The van der Waals surface area contributed by atoms with Gasteiger partial charge in [-0.3, -0.25) is 4.79 Å². The largest absolute Gasteiger partial charge is 0.339 e. The molecule has 0 spiro atoms. The van der Waals surface area contributed by atoms with E-state index in [0.29, 0.717) is 13.0 Å². The van der Waals surface area contributed by atoms with Crippen LogP contribution in [0.3, 0.4) is 0 Å². The maximum atomic E-state index is 13.4. The molecule has 1 amide bonds. The Bertz CT molecular complexity index is 702. The number of unbranched alkanes of at least 4 members (excludes halogenated alkanes) is 30. The second-order valence-corrected chi connectivity index (χ2v) is 17.2. The zero-order chi connectivity index (χ0) is 38.3. The van der Waals surface area contributed by atoms with Gasteiger partial charge < -0.3 is 26.2 Å². The van der Waals surface area contributed by atoms with Gasteiger partial charge in [-0.15, -0.1) is 0 Å². The van der Waals surface area contributed by atoms with Gasteiger partial charge in [-0.2, -0.15) is 0 Å². The molecule has 1 aliphatic rings. The van der Waals surface area contributed by atoms with Crippen molar-refractivity contribution in [2.45, 2.75) is 238 Å². The van der Waals surface area contributed by atoms with Gasteiger partial charge >= 0.3 is 0 Å². The van der Waals surface area contributed by atoms with Crippen LogP contribution in [0, 0.1) is 0 Å². The number of nitrogens with zero attached hydrogens (tertiary/aromatic N) is 3. The van der Waals surface area contributed by atoms with Crippen LogP contribution < -0.4 is 11.5 Å². The summed E-state index contributed by atoms with van der Waals surface area (Å²) in [7, 11) is 0. The fourth-order valence-electron chi connectivity index (χ4n) is 8.27. The summed E-state index contributed by atoms with van der Waals surface area (Å²) in [5.74, 6) is 0.130. The lowest BCUT2D eigenvalue weighted by Gasteiger charge is -2.28. The molecule has 4 N–H and O–H groups in total. The minimum Gasteiger partial charge on any atom is -0.339 e. The summed E-state index contributed by atoms with van der Waals surface area (Å²) in [5.41, 5.74) is 12.1. The number of carbonyl (C=O) groups is 1. The van der Waals surface area contributed by atoms with Crippen LogP contribution >= 0.6 is 0 Å². The first kappa shape index (κ1) is 50.3. The van der Waals surface area contributed by atoms with Gasteiger partial charge in [0.05, 0.1) is 6.04 Å². The van der Waals surface area contributed by atoms with Crippen molar-refractivity contribution in [3.8, 4) is 0 Å². The smallest absolute Gasteiger partial charge is 0.239 e. The molecular formula is C47H97N5O. The quantitative estimate of drug-likeness (QED) is 0.0615. The topological polar surface area (TPSA) is 78.8 Å². The zero-order valence-electron chi connectivity index (χ0n) is 36.4. The number of nitrogens with two attached hydrogens (primary N) is 2. The lowest BCUT2D eigenvalue weighted by molar-refractivity contribution is -0.133. The molecule has 0 radical (unpaired) electrons.